The number of nitrogens with one attached hydrogen (secondary N) is 1. The molecule has 0 saturated carbocycles. The maximum atomic E-state index is 12.4. The van der Waals surface area contributed by atoms with E-state index in [0.717, 1.165) is 38.0 Å². The van der Waals surface area contributed by atoms with Crippen LogP contribution in [-0.2, 0) is 4.79 Å². The molecule has 1 amide bonds. The molecule has 0 aliphatic carbocycles. The van der Waals surface area contributed by atoms with Gasteiger partial charge in [-0.3, -0.25) is 4.79 Å². The van der Waals surface area contributed by atoms with Gasteiger partial charge in [0, 0.05) is 25.2 Å². The van der Waals surface area contributed by atoms with Crippen LogP contribution in [0.4, 0.5) is 0 Å². The second kappa shape index (κ2) is 7.25. The Kier molecular flexibility index (Phi) is 5.36. The van der Waals surface area contributed by atoms with E-state index in [-0.39, 0.29) is 5.91 Å². The fraction of sp³-hybridized carbons (Fsp3) is 0.471. The topological polar surface area (TPSA) is 32.3 Å². The average molecular weight is 272 g/mol. The van der Waals surface area contributed by atoms with E-state index in [1.165, 1.54) is 5.56 Å². The Morgan fingerprint density at radius 3 is 2.75 bits per heavy atom. The van der Waals surface area contributed by atoms with Gasteiger partial charge in [0.2, 0.25) is 5.91 Å². The van der Waals surface area contributed by atoms with Crippen LogP contribution in [0.5, 0.6) is 0 Å². The van der Waals surface area contributed by atoms with E-state index >= 15 is 0 Å². The molecule has 0 spiro atoms. The van der Waals surface area contributed by atoms with Crippen LogP contribution in [0.15, 0.2) is 30.3 Å². The van der Waals surface area contributed by atoms with Crippen molar-refractivity contribution in [2.75, 3.05) is 19.6 Å². The number of amides is 1. The van der Waals surface area contributed by atoms with Crippen molar-refractivity contribution in [3.8, 4) is 0 Å². The summed E-state index contributed by atoms with van der Waals surface area (Å²) in [7, 11) is 0. The van der Waals surface area contributed by atoms with Crippen molar-refractivity contribution >= 4 is 12.0 Å². The fourth-order valence-electron chi connectivity index (χ4n) is 2.56. The second-order valence-electron chi connectivity index (χ2n) is 5.42. The Morgan fingerprint density at radius 2 is 2.15 bits per heavy atom. The number of carbonyl (C=O) groups excluding carboxylic acids is 1. The Bertz CT molecular complexity index is 458. The monoisotopic (exact) mass is 272 g/mol. The summed E-state index contributed by atoms with van der Waals surface area (Å²) in [6.45, 7) is 6.95. The molecule has 20 heavy (non-hydrogen) atoms. The van der Waals surface area contributed by atoms with Crippen molar-refractivity contribution in [3.05, 3.63) is 41.5 Å². The van der Waals surface area contributed by atoms with Crippen molar-refractivity contribution in [1.29, 1.82) is 0 Å². The number of benzene rings is 1. The molecule has 1 atom stereocenters. The number of hydrogen-bond acceptors (Lipinski definition) is 2. The molecule has 0 radical (unpaired) electrons. The Morgan fingerprint density at radius 1 is 1.40 bits per heavy atom. The summed E-state index contributed by atoms with van der Waals surface area (Å²) < 4.78 is 0. The van der Waals surface area contributed by atoms with Crippen LogP contribution in [0.3, 0.4) is 0 Å². The minimum Gasteiger partial charge on any atom is -0.335 e. The summed E-state index contributed by atoms with van der Waals surface area (Å²) in [5.74, 6) is 0.126. The average Bonchev–Trinajstić information content (AvgIpc) is 2.97. The third kappa shape index (κ3) is 3.94. The van der Waals surface area contributed by atoms with Crippen molar-refractivity contribution in [3.63, 3.8) is 0 Å². The first kappa shape index (κ1) is 14.8. The van der Waals surface area contributed by atoms with Crippen molar-refractivity contribution < 1.29 is 4.79 Å². The lowest BCUT2D eigenvalue weighted by Crippen LogP contribution is -2.41. The standard InChI is InChI=1S/C17H24N2O/c1-3-12-19(16-10-11-18-13-16)17(20)9-8-15-6-4-14(2)5-7-15/h4-9,16,18H,3,10-13H2,1-2H3/b9-8+. The van der Waals surface area contributed by atoms with Crippen LogP contribution in [0, 0.1) is 6.92 Å². The van der Waals surface area contributed by atoms with E-state index in [4.69, 9.17) is 0 Å². The van der Waals surface area contributed by atoms with E-state index in [9.17, 15) is 4.79 Å². The molecule has 2 rings (SSSR count). The predicted molar refractivity (Wildman–Crippen MR) is 83.5 cm³/mol. The molecule has 1 aliphatic rings. The minimum absolute atomic E-state index is 0.126. The Hall–Kier alpha value is -1.61. The van der Waals surface area contributed by atoms with Crippen LogP contribution in [0.1, 0.15) is 30.9 Å². The van der Waals surface area contributed by atoms with Gasteiger partial charge in [-0.05, 0) is 37.9 Å². The van der Waals surface area contributed by atoms with E-state index in [1.807, 2.05) is 23.1 Å². The van der Waals surface area contributed by atoms with Gasteiger partial charge >= 0.3 is 0 Å². The van der Waals surface area contributed by atoms with Crippen molar-refractivity contribution in [2.45, 2.75) is 32.7 Å². The molecule has 3 nitrogen and oxygen atoms in total. The van der Waals surface area contributed by atoms with Gasteiger partial charge in [0.05, 0.1) is 0 Å². The van der Waals surface area contributed by atoms with Crippen LogP contribution in [0.2, 0.25) is 0 Å². The zero-order valence-corrected chi connectivity index (χ0v) is 12.4. The van der Waals surface area contributed by atoms with Gasteiger partial charge in [-0.1, -0.05) is 36.8 Å². The number of nitrogens with zero attached hydrogens (tertiary/aromatic N) is 1. The highest BCUT2D eigenvalue weighted by Gasteiger charge is 2.24. The molecule has 1 aliphatic heterocycles. The molecule has 1 fully saturated rings. The van der Waals surface area contributed by atoms with E-state index in [2.05, 4.69) is 31.3 Å². The van der Waals surface area contributed by atoms with E-state index in [1.54, 1.807) is 6.08 Å². The summed E-state index contributed by atoms with van der Waals surface area (Å²) in [4.78, 5) is 14.4. The molecular weight excluding hydrogens is 248 g/mol. The smallest absolute Gasteiger partial charge is 0.246 e. The molecule has 108 valence electrons. The van der Waals surface area contributed by atoms with Gasteiger partial charge in [-0.25, -0.2) is 0 Å². The zero-order valence-electron chi connectivity index (χ0n) is 12.4. The Labute approximate surface area is 121 Å². The number of aryl methyl sites for hydroxylation is 1. The van der Waals surface area contributed by atoms with Gasteiger partial charge < -0.3 is 10.2 Å². The first-order chi connectivity index (χ1) is 9.70. The third-order valence-corrected chi connectivity index (χ3v) is 3.72. The number of hydrogen-bond donors (Lipinski definition) is 1. The highest BCUT2D eigenvalue weighted by atomic mass is 16.2. The largest absolute Gasteiger partial charge is 0.335 e. The first-order valence-electron chi connectivity index (χ1n) is 7.46. The van der Waals surface area contributed by atoms with Crippen LogP contribution in [0.25, 0.3) is 6.08 Å². The fourth-order valence-corrected chi connectivity index (χ4v) is 2.56. The molecule has 3 heteroatoms. The molecular formula is C17H24N2O. The maximum Gasteiger partial charge on any atom is 0.246 e. The van der Waals surface area contributed by atoms with Crippen LogP contribution in [-0.4, -0.2) is 36.5 Å². The van der Waals surface area contributed by atoms with Gasteiger partial charge in [0.1, 0.15) is 0 Å². The molecule has 1 saturated heterocycles. The molecule has 0 aromatic heterocycles. The lowest BCUT2D eigenvalue weighted by Gasteiger charge is -2.27. The highest BCUT2D eigenvalue weighted by Crippen LogP contribution is 2.11. The highest BCUT2D eigenvalue weighted by molar-refractivity contribution is 5.92. The summed E-state index contributed by atoms with van der Waals surface area (Å²) in [5, 5.41) is 3.33. The number of rotatable bonds is 5. The summed E-state index contributed by atoms with van der Waals surface area (Å²) in [6, 6.07) is 8.56. The summed E-state index contributed by atoms with van der Waals surface area (Å²) in [5.41, 5.74) is 2.31. The maximum absolute atomic E-state index is 12.4. The number of carbonyl (C=O) groups is 1. The molecule has 1 aromatic carbocycles. The lowest BCUT2D eigenvalue weighted by molar-refractivity contribution is -0.127. The minimum atomic E-state index is 0.126. The molecule has 1 heterocycles. The van der Waals surface area contributed by atoms with Crippen LogP contribution < -0.4 is 5.32 Å². The molecule has 1 N–H and O–H groups in total. The van der Waals surface area contributed by atoms with Gasteiger partial charge in [-0.2, -0.15) is 0 Å². The molecule has 1 aromatic rings. The van der Waals surface area contributed by atoms with E-state index in [0.29, 0.717) is 6.04 Å². The normalized spacial score (nSPS) is 18.6. The zero-order chi connectivity index (χ0) is 14.4. The summed E-state index contributed by atoms with van der Waals surface area (Å²) >= 11 is 0. The second-order valence-corrected chi connectivity index (χ2v) is 5.42. The van der Waals surface area contributed by atoms with Gasteiger partial charge in [0.15, 0.2) is 0 Å². The van der Waals surface area contributed by atoms with Gasteiger partial charge in [-0.15, -0.1) is 0 Å². The quantitative estimate of drug-likeness (QED) is 0.836. The molecule has 0 bridgehead atoms. The predicted octanol–water partition coefficient (Wildman–Crippen LogP) is 2.61. The molecule has 1 unspecified atom stereocenters. The Balaban J connectivity index is 2.01. The van der Waals surface area contributed by atoms with Crippen molar-refractivity contribution in [1.82, 2.24) is 10.2 Å². The van der Waals surface area contributed by atoms with E-state index < -0.39 is 0 Å². The lowest BCUT2D eigenvalue weighted by atomic mass is 10.1. The first-order valence-corrected chi connectivity index (χ1v) is 7.46. The van der Waals surface area contributed by atoms with Crippen molar-refractivity contribution in [2.24, 2.45) is 0 Å². The van der Waals surface area contributed by atoms with Crippen LogP contribution >= 0.6 is 0 Å². The SMILES string of the molecule is CCCN(C(=O)/C=C/c1ccc(C)cc1)C1CCNC1. The third-order valence-electron chi connectivity index (χ3n) is 3.72. The summed E-state index contributed by atoms with van der Waals surface area (Å²) in [6.07, 6.45) is 5.68. The van der Waals surface area contributed by atoms with Gasteiger partial charge in [0.25, 0.3) is 0 Å².